The van der Waals surface area contributed by atoms with Gasteiger partial charge >= 0.3 is 11.7 Å². The molecule has 0 amide bonds. The Hall–Kier alpha value is -4.24. The summed E-state index contributed by atoms with van der Waals surface area (Å²) in [6, 6.07) is 12.3. The van der Waals surface area contributed by atoms with E-state index in [1.807, 2.05) is 12.1 Å². The highest BCUT2D eigenvalue weighted by molar-refractivity contribution is 6.30. The van der Waals surface area contributed by atoms with Gasteiger partial charge in [0.2, 0.25) is 0 Å². The molecule has 0 saturated carbocycles. The summed E-state index contributed by atoms with van der Waals surface area (Å²) in [6.45, 7) is 5.47. The van der Waals surface area contributed by atoms with Gasteiger partial charge in [-0.05, 0) is 42.3 Å². The molecular formula is C26H24ClN3O6. The van der Waals surface area contributed by atoms with Gasteiger partial charge in [0.15, 0.2) is 11.5 Å². The van der Waals surface area contributed by atoms with Crippen molar-refractivity contribution >= 4 is 23.4 Å². The van der Waals surface area contributed by atoms with Gasteiger partial charge in [-0.25, -0.2) is 9.59 Å². The van der Waals surface area contributed by atoms with E-state index in [-0.39, 0.29) is 30.2 Å². The zero-order valence-corrected chi connectivity index (χ0v) is 20.4. The smallest absolute Gasteiger partial charge is 0.337 e. The normalized spacial score (nSPS) is 14.5. The first-order chi connectivity index (χ1) is 17.3. The highest BCUT2D eigenvalue weighted by Gasteiger charge is 2.36. The van der Waals surface area contributed by atoms with E-state index in [0.717, 1.165) is 5.56 Å². The van der Waals surface area contributed by atoms with Crippen LogP contribution >= 0.6 is 11.6 Å². The van der Waals surface area contributed by atoms with E-state index >= 15 is 0 Å². The monoisotopic (exact) mass is 509 g/mol. The van der Waals surface area contributed by atoms with Crippen molar-refractivity contribution in [1.82, 2.24) is 9.97 Å². The molecule has 0 saturated heterocycles. The number of aromatic amines is 2. The van der Waals surface area contributed by atoms with Crippen LogP contribution in [0, 0.1) is 0 Å². The van der Waals surface area contributed by atoms with Gasteiger partial charge in [0.05, 0.1) is 24.2 Å². The Morgan fingerprint density at radius 1 is 1.11 bits per heavy atom. The van der Waals surface area contributed by atoms with Crippen LogP contribution in [-0.4, -0.2) is 29.7 Å². The van der Waals surface area contributed by atoms with E-state index in [1.165, 1.54) is 13.2 Å². The molecule has 1 atom stereocenters. The second-order valence-electron chi connectivity index (χ2n) is 8.01. The lowest BCUT2D eigenvalue weighted by Crippen LogP contribution is -2.35. The third-order valence-corrected chi connectivity index (χ3v) is 5.91. The van der Waals surface area contributed by atoms with Crippen molar-refractivity contribution in [3.63, 3.8) is 0 Å². The van der Waals surface area contributed by atoms with Crippen LogP contribution in [0.15, 0.2) is 76.0 Å². The summed E-state index contributed by atoms with van der Waals surface area (Å²) >= 11 is 5.97. The molecule has 0 bridgehead atoms. The molecular weight excluding hydrogens is 486 g/mol. The number of carbonyl (C=O) groups is 1. The van der Waals surface area contributed by atoms with Gasteiger partial charge in [-0.2, -0.15) is 0 Å². The van der Waals surface area contributed by atoms with E-state index in [4.69, 9.17) is 25.8 Å². The van der Waals surface area contributed by atoms with Crippen molar-refractivity contribution in [3.8, 4) is 11.5 Å². The fraction of sp³-hybridized carbons (Fsp3) is 0.192. The molecule has 0 radical (unpaired) electrons. The van der Waals surface area contributed by atoms with Crippen LogP contribution in [0.25, 0.3) is 0 Å². The largest absolute Gasteiger partial charge is 0.493 e. The van der Waals surface area contributed by atoms with Crippen molar-refractivity contribution in [1.29, 1.82) is 0 Å². The Kier molecular flexibility index (Phi) is 7.30. The van der Waals surface area contributed by atoms with Crippen molar-refractivity contribution in [2.24, 2.45) is 0 Å². The quantitative estimate of drug-likeness (QED) is 0.311. The minimum atomic E-state index is -0.858. The summed E-state index contributed by atoms with van der Waals surface area (Å²) in [4.78, 5) is 42.8. The number of fused-ring (bicyclic) bond motifs is 1. The van der Waals surface area contributed by atoms with Crippen LogP contribution in [-0.2, 0) is 16.1 Å². The predicted octanol–water partition coefficient (Wildman–Crippen LogP) is 3.86. The number of rotatable bonds is 8. The SMILES string of the molecule is C=CCOC(=O)C1=C(C)Nc2[nH]c(=O)[nH]c(=O)c2C1c1ccc(OC)c(OCc2ccc(Cl)cc2)c1. The molecule has 0 spiro atoms. The van der Waals surface area contributed by atoms with E-state index in [0.29, 0.717) is 27.8 Å². The second kappa shape index (κ2) is 10.6. The van der Waals surface area contributed by atoms with Crippen LogP contribution in [0.3, 0.4) is 0 Å². The number of halogens is 1. The second-order valence-corrected chi connectivity index (χ2v) is 8.44. The van der Waals surface area contributed by atoms with Gasteiger partial charge in [-0.1, -0.05) is 42.5 Å². The molecule has 4 rings (SSSR count). The van der Waals surface area contributed by atoms with E-state index in [2.05, 4.69) is 21.9 Å². The van der Waals surface area contributed by atoms with Gasteiger partial charge < -0.3 is 19.5 Å². The zero-order chi connectivity index (χ0) is 25.8. The Morgan fingerprint density at radius 2 is 1.86 bits per heavy atom. The molecule has 1 aliphatic rings. The maximum Gasteiger partial charge on any atom is 0.337 e. The molecule has 1 aromatic heterocycles. The molecule has 0 fully saturated rings. The number of aromatic nitrogens is 2. The molecule has 1 aliphatic heterocycles. The number of nitrogens with one attached hydrogen (secondary N) is 3. The first-order valence-electron chi connectivity index (χ1n) is 11.0. The fourth-order valence-corrected chi connectivity index (χ4v) is 4.16. The minimum Gasteiger partial charge on any atom is -0.493 e. The lowest BCUT2D eigenvalue weighted by molar-refractivity contribution is -0.138. The Balaban J connectivity index is 1.81. The number of anilines is 1. The van der Waals surface area contributed by atoms with Crippen LogP contribution in [0.4, 0.5) is 5.82 Å². The predicted molar refractivity (Wildman–Crippen MR) is 136 cm³/mol. The van der Waals surface area contributed by atoms with Gasteiger partial charge in [0, 0.05) is 10.7 Å². The molecule has 3 aromatic rings. The summed E-state index contributed by atoms with van der Waals surface area (Å²) in [5.74, 6) is -0.411. The van der Waals surface area contributed by atoms with Crippen LogP contribution < -0.4 is 26.0 Å². The van der Waals surface area contributed by atoms with E-state index in [1.54, 1.807) is 37.3 Å². The summed E-state index contributed by atoms with van der Waals surface area (Å²) in [5, 5.41) is 3.56. The van der Waals surface area contributed by atoms with Crippen molar-refractivity contribution < 1.29 is 19.0 Å². The number of carbonyl (C=O) groups excluding carboxylic acids is 1. The fourth-order valence-electron chi connectivity index (χ4n) is 4.03. The highest BCUT2D eigenvalue weighted by Crippen LogP contribution is 2.42. The van der Waals surface area contributed by atoms with Crippen LogP contribution in [0.1, 0.15) is 29.5 Å². The molecule has 0 aliphatic carbocycles. The summed E-state index contributed by atoms with van der Waals surface area (Å²) < 4.78 is 16.8. The lowest BCUT2D eigenvalue weighted by Gasteiger charge is -2.29. The Bertz CT molecular complexity index is 1460. The third kappa shape index (κ3) is 5.06. The maximum absolute atomic E-state index is 13.1. The van der Waals surface area contributed by atoms with Crippen molar-refractivity contribution in [2.45, 2.75) is 19.4 Å². The number of benzene rings is 2. The molecule has 1 unspecified atom stereocenters. The maximum atomic E-state index is 13.1. The number of allylic oxidation sites excluding steroid dienone is 1. The number of ether oxygens (including phenoxy) is 3. The van der Waals surface area contributed by atoms with Crippen LogP contribution in [0.5, 0.6) is 11.5 Å². The molecule has 9 nitrogen and oxygen atoms in total. The summed E-state index contributed by atoms with van der Waals surface area (Å²) in [7, 11) is 1.52. The van der Waals surface area contributed by atoms with Gasteiger partial charge in [-0.3, -0.25) is 14.8 Å². The number of H-pyrrole nitrogens is 2. The third-order valence-electron chi connectivity index (χ3n) is 5.65. The van der Waals surface area contributed by atoms with Crippen molar-refractivity contribution in [3.05, 3.63) is 109 Å². The summed E-state index contributed by atoms with van der Waals surface area (Å²) in [5.41, 5.74) is 0.964. The first-order valence-corrected chi connectivity index (χ1v) is 11.4. The first kappa shape index (κ1) is 24.9. The molecule has 186 valence electrons. The van der Waals surface area contributed by atoms with E-state index in [9.17, 15) is 14.4 Å². The average Bonchev–Trinajstić information content (AvgIpc) is 2.85. The molecule has 2 aromatic carbocycles. The number of methoxy groups -OCH3 is 1. The van der Waals surface area contributed by atoms with Gasteiger partial charge in [0.1, 0.15) is 19.0 Å². The number of hydrogen-bond donors (Lipinski definition) is 3. The van der Waals surface area contributed by atoms with Gasteiger partial charge in [-0.15, -0.1) is 0 Å². The summed E-state index contributed by atoms with van der Waals surface area (Å²) in [6.07, 6.45) is 1.45. The molecule has 36 heavy (non-hydrogen) atoms. The highest BCUT2D eigenvalue weighted by atomic mass is 35.5. The number of hydrogen-bond acceptors (Lipinski definition) is 7. The van der Waals surface area contributed by atoms with Crippen molar-refractivity contribution in [2.75, 3.05) is 19.0 Å². The average molecular weight is 510 g/mol. The van der Waals surface area contributed by atoms with Gasteiger partial charge in [0.25, 0.3) is 5.56 Å². The number of esters is 1. The molecule has 3 N–H and O–H groups in total. The Labute approximate surface area is 211 Å². The topological polar surface area (TPSA) is 123 Å². The minimum absolute atomic E-state index is 0.00473. The standard InChI is InChI=1S/C26H24ClN3O6/c1-4-11-35-25(32)20-14(2)28-23-22(24(31)30-26(33)29-23)21(20)16-7-10-18(34-3)19(12-16)36-13-15-5-8-17(27)9-6-15/h4-10,12,21H,1,11,13H2,2-3H3,(H3,28,29,30,31,33). The van der Waals surface area contributed by atoms with Crippen LogP contribution in [0.2, 0.25) is 5.02 Å². The zero-order valence-electron chi connectivity index (χ0n) is 19.6. The lowest BCUT2D eigenvalue weighted by atomic mass is 9.82. The Morgan fingerprint density at radius 3 is 2.56 bits per heavy atom. The molecule has 2 heterocycles. The molecule has 10 heteroatoms. The van der Waals surface area contributed by atoms with E-state index < -0.39 is 23.1 Å².